The van der Waals surface area contributed by atoms with Crippen molar-refractivity contribution in [2.24, 2.45) is 5.92 Å². The van der Waals surface area contributed by atoms with Crippen molar-refractivity contribution >= 4 is 37.7 Å². The van der Waals surface area contributed by atoms with Crippen LogP contribution in [0.3, 0.4) is 0 Å². The SMILES string of the molecule is CC(C)[C@H](NS(=O)(=O)c1ccc(Br)cc1)C(=O)NCc1ccnc(N(C)C)c1. The van der Waals surface area contributed by atoms with Gasteiger partial charge in [0.1, 0.15) is 11.9 Å². The van der Waals surface area contributed by atoms with Gasteiger partial charge in [-0.3, -0.25) is 4.79 Å². The Balaban J connectivity index is 2.09. The molecule has 0 fully saturated rings. The second kappa shape index (κ2) is 9.49. The molecule has 0 aliphatic carbocycles. The molecule has 0 unspecified atom stereocenters. The number of benzene rings is 1. The van der Waals surface area contributed by atoms with Gasteiger partial charge in [-0.1, -0.05) is 29.8 Å². The second-order valence-corrected chi connectivity index (χ2v) is 9.56. The third-order valence-corrected chi connectivity index (χ3v) is 6.08. The van der Waals surface area contributed by atoms with Gasteiger partial charge in [-0.05, 0) is 47.9 Å². The first-order valence-electron chi connectivity index (χ1n) is 8.78. The van der Waals surface area contributed by atoms with E-state index in [1.54, 1.807) is 32.2 Å². The van der Waals surface area contributed by atoms with E-state index >= 15 is 0 Å². The van der Waals surface area contributed by atoms with Gasteiger partial charge in [-0.15, -0.1) is 0 Å². The summed E-state index contributed by atoms with van der Waals surface area (Å²) in [4.78, 5) is 18.9. The van der Waals surface area contributed by atoms with Crippen molar-refractivity contribution in [1.82, 2.24) is 15.0 Å². The molecule has 7 nitrogen and oxygen atoms in total. The van der Waals surface area contributed by atoms with Crippen LogP contribution in [0.15, 0.2) is 52.0 Å². The van der Waals surface area contributed by atoms with Crippen LogP contribution in [-0.4, -0.2) is 39.4 Å². The van der Waals surface area contributed by atoms with Crippen LogP contribution in [0.1, 0.15) is 19.4 Å². The molecule has 9 heteroatoms. The largest absolute Gasteiger partial charge is 0.363 e. The lowest BCUT2D eigenvalue weighted by atomic mass is 10.0. The average Bonchev–Trinajstić information content (AvgIpc) is 2.64. The molecule has 0 aliphatic heterocycles. The fraction of sp³-hybridized carbons (Fsp3) is 0.368. The van der Waals surface area contributed by atoms with Crippen molar-refractivity contribution in [2.75, 3.05) is 19.0 Å². The predicted octanol–water partition coefficient (Wildman–Crippen LogP) is 2.53. The van der Waals surface area contributed by atoms with Gasteiger partial charge in [0.2, 0.25) is 15.9 Å². The molecule has 1 aromatic heterocycles. The van der Waals surface area contributed by atoms with E-state index in [2.05, 4.69) is 31.0 Å². The number of carbonyl (C=O) groups is 1. The number of hydrogen-bond acceptors (Lipinski definition) is 5. The number of rotatable bonds is 8. The zero-order chi connectivity index (χ0) is 20.9. The van der Waals surface area contributed by atoms with Gasteiger partial charge in [-0.2, -0.15) is 4.72 Å². The van der Waals surface area contributed by atoms with Gasteiger partial charge in [0, 0.05) is 31.3 Å². The normalized spacial score (nSPS) is 12.6. The molecule has 2 rings (SSSR count). The standard InChI is InChI=1S/C19H25BrN4O3S/c1-13(2)18(23-28(26,27)16-7-5-15(20)6-8-16)19(25)22-12-14-9-10-21-17(11-14)24(3)4/h5-11,13,18,23H,12H2,1-4H3,(H,22,25)/t18-/m0/s1. The zero-order valence-corrected chi connectivity index (χ0v) is 18.7. The number of nitrogens with zero attached hydrogens (tertiary/aromatic N) is 2. The van der Waals surface area contributed by atoms with Crippen molar-refractivity contribution in [3.8, 4) is 0 Å². The topological polar surface area (TPSA) is 91.4 Å². The number of anilines is 1. The maximum atomic E-state index is 12.7. The van der Waals surface area contributed by atoms with Crippen LogP contribution in [0.2, 0.25) is 0 Å². The smallest absolute Gasteiger partial charge is 0.241 e. The Labute approximate surface area is 174 Å². The summed E-state index contributed by atoms with van der Waals surface area (Å²) >= 11 is 3.28. The Bertz CT molecular complexity index is 915. The summed E-state index contributed by atoms with van der Waals surface area (Å²) in [6, 6.07) is 9.06. The second-order valence-electron chi connectivity index (χ2n) is 6.93. The van der Waals surface area contributed by atoms with Crippen molar-refractivity contribution < 1.29 is 13.2 Å². The highest BCUT2D eigenvalue weighted by Crippen LogP contribution is 2.16. The summed E-state index contributed by atoms with van der Waals surface area (Å²) in [5, 5.41) is 2.81. The molecule has 0 saturated heterocycles. The third kappa shape index (κ3) is 6.02. The minimum atomic E-state index is -3.82. The monoisotopic (exact) mass is 468 g/mol. The van der Waals surface area contributed by atoms with Crippen LogP contribution < -0.4 is 14.9 Å². The van der Waals surface area contributed by atoms with E-state index in [1.165, 1.54) is 12.1 Å². The summed E-state index contributed by atoms with van der Waals surface area (Å²) in [5.74, 6) is 0.182. The van der Waals surface area contributed by atoms with Crippen LogP contribution in [0.5, 0.6) is 0 Å². The molecule has 0 saturated carbocycles. The van der Waals surface area contributed by atoms with E-state index in [0.29, 0.717) is 0 Å². The minimum Gasteiger partial charge on any atom is -0.363 e. The molecule has 152 valence electrons. The lowest BCUT2D eigenvalue weighted by Gasteiger charge is -2.22. The van der Waals surface area contributed by atoms with Crippen molar-refractivity contribution in [1.29, 1.82) is 0 Å². The maximum absolute atomic E-state index is 12.7. The Morgan fingerprint density at radius 2 is 1.82 bits per heavy atom. The summed E-state index contributed by atoms with van der Waals surface area (Å²) < 4.78 is 28.6. The minimum absolute atomic E-state index is 0.110. The quantitative estimate of drug-likeness (QED) is 0.620. The molecule has 28 heavy (non-hydrogen) atoms. The fourth-order valence-corrected chi connectivity index (χ4v) is 4.06. The van der Waals surface area contributed by atoms with Crippen LogP contribution >= 0.6 is 15.9 Å². The molecule has 1 atom stereocenters. The van der Waals surface area contributed by atoms with Gasteiger partial charge >= 0.3 is 0 Å². The van der Waals surface area contributed by atoms with Crippen LogP contribution in [0.4, 0.5) is 5.82 Å². The lowest BCUT2D eigenvalue weighted by Crippen LogP contribution is -2.49. The average molecular weight is 469 g/mol. The van der Waals surface area contributed by atoms with E-state index in [9.17, 15) is 13.2 Å². The summed E-state index contributed by atoms with van der Waals surface area (Å²) in [7, 11) is -0.0449. The number of hydrogen-bond donors (Lipinski definition) is 2. The molecule has 0 spiro atoms. The lowest BCUT2D eigenvalue weighted by molar-refractivity contribution is -0.123. The van der Waals surface area contributed by atoms with Gasteiger partial charge in [0.05, 0.1) is 4.90 Å². The Kier molecular flexibility index (Phi) is 7.56. The Hall–Kier alpha value is -1.97. The highest BCUT2D eigenvalue weighted by molar-refractivity contribution is 9.10. The van der Waals surface area contributed by atoms with E-state index in [4.69, 9.17) is 0 Å². The van der Waals surface area contributed by atoms with Crippen LogP contribution in [-0.2, 0) is 21.4 Å². The highest BCUT2D eigenvalue weighted by Gasteiger charge is 2.28. The molecular formula is C19H25BrN4O3S. The number of amides is 1. The number of carbonyl (C=O) groups excluding carboxylic acids is 1. The molecular weight excluding hydrogens is 444 g/mol. The summed E-state index contributed by atoms with van der Waals surface area (Å²) in [5.41, 5.74) is 0.880. The zero-order valence-electron chi connectivity index (χ0n) is 16.3. The van der Waals surface area contributed by atoms with Gasteiger partial charge in [-0.25, -0.2) is 13.4 Å². The van der Waals surface area contributed by atoms with Gasteiger partial charge in [0.15, 0.2) is 0 Å². The third-order valence-electron chi connectivity index (χ3n) is 4.09. The number of halogens is 1. The van der Waals surface area contributed by atoms with Crippen LogP contribution in [0.25, 0.3) is 0 Å². The van der Waals surface area contributed by atoms with E-state index in [0.717, 1.165) is 15.9 Å². The predicted molar refractivity (Wildman–Crippen MR) is 114 cm³/mol. The van der Waals surface area contributed by atoms with E-state index in [1.807, 2.05) is 31.1 Å². The number of sulfonamides is 1. The molecule has 0 bridgehead atoms. The first kappa shape index (κ1) is 22.3. The fourth-order valence-electron chi connectivity index (χ4n) is 2.46. The maximum Gasteiger partial charge on any atom is 0.241 e. The van der Waals surface area contributed by atoms with Crippen molar-refractivity contribution in [3.63, 3.8) is 0 Å². The number of pyridine rings is 1. The van der Waals surface area contributed by atoms with Gasteiger partial charge < -0.3 is 10.2 Å². The molecule has 1 amide bonds. The Morgan fingerprint density at radius 3 is 2.39 bits per heavy atom. The highest BCUT2D eigenvalue weighted by atomic mass is 79.9. The first-order chi connectivity index (χ1) is 13.1. The molecule has 2 aromatic rings. The molecule has 0 aliphatic rings. The van der Waals surface area contributed by atoms with E-state index < -0.39 is 16.1 Å². The van der Waals surface area contributed by atoms with Gasteiger partial charge in [0.25, 0.3) is 0 Å². The number of aromatic nitrogens is 1. The van der Waals surface area contributed by atoms with E-state index in [-0.39, 0.29) is 23.3 Å². The van der Waals surface area contributed by atoms with Crippen molar-refractivity contribution in [2.45, 2.75) is 31.3 Å². The first-order valence-corrected chi connectivity index (χ1v) is 11.1. The van der Waals surface area contributed by atoms with Crippen LogP contribution in [0, 0.1) is 5.92 Å². The molecule has 2 N–H and O–H groups in total. The number of nitrogens with one attached hydrogen (secondary N) is 2. The summed E-state index contributed by atoms with van der Waals surface area (Å²) in [6.07, 6.45) is 1.67. The molecule has 1 heterocycles. The molecule has 0 radical (unpaired) electrons. The summed E-state index contributed by atoms with van der Waals surface area (Å²) in [6.45, 7) is 3.88. The van der Waals surface area contributed by atoms with Crippen molar-refractivity contribution in [3.05, 3.63) is 52.6 Å². The molecule has 1 aromatic carbocycles. The Morgan fingerprint density at radius 1 is 1.18 bits per heavy atom.